The quantitative estimate of drug-likeness (QED) is 0.0627. The number of hydrogen-bond acceptors (Lipinski definition) is 6. The number of hydrogen-bond donors (Lipinski definition) is 7. The fourth-order valence-corrected chi connectivity index (χ4v) is 4.60. The molecule has 2 heterocycles. The molecule has 0 aromatic heterocycles. The van der Waals surface area contributed by atoms with Gasteiger partial charge in [0.2, 0.25) is 5.91 Å². The number of guanidine groups is 2. The van der Waals surface area contributed by atoms with Gasteiger partial charge in [-0.25, -0.2) is 0 Å². The minimum absolute atomic E-state index is 0.0715. The smallest absolute Gasteiger partial charge is 0.243 e. The van der Waals surface area contributed by atoms with Crippen molar-refractivity contribution in [2.24, 2.45) is 37.9 Å². The number of rotatable bonds is 13. The molecule has 2 aromatic carbocycles. The van der Waals surface area contributed by atoms with Crippen LogP contribution < -0.4 is 38.3 Å². The first-order valence-electron chi connectivity index (χ1n) is 13.3. The lowest BCUT2D eigenvalue weighted by molar-refractivity contribution is -0.116. The number of amidine groups is 1. The minimum atomic E-state index is -0.617. The highest BCUT2D eigenvalue weighted by Gasteiger charge is 2.64. The van der Waals surface area contributed by atoms with Crippen molar-refractivity contribution in [3.8, 4) is 11.5 Å². The summed E-state index contributed by atoms with van der Waals surface area (Å²) in [7, 11) is 0. The van der Waals surface area contributed by atoms with Crippen molar-refractivity contribution in [2.75, 3.05) is 26.2 Å². The summed E-state index contributed by atoms with van der Waals surface area (Å²) in [6, 6.07) is 12.8. The van der Waals surface area contributed by atoms with Gasteiger partial charge in [-0.05, 0) is 67.2 Å². The highest BCUT2D eigenvalue weighted by molar-refractivity contribution is 6.09. The van der Waals surface area contributed by atoms with Crippen molar-refractivity contribution in [3.05, 3.63) is 65.2 Å². The summed E-state index contributed by atoms with van der Waals surface area (Å²) in [6.07, 6.45) is 6.15. The number of fused-ring (bicyclic) bond motifs is 2. The standard InChI is InChI=1S/C28H37N9O3/c29-26(30)35-15-3-1-13-33-23(39)12-6-18-5-11-22-21(17-18)28(24(40-22)19-7-9-20(38)10-8-19)25(37-28)34-14-2-4-16-36-27(31)32/h5-12,17,24,38H,1-4,13-16H2,(H,33,39)(H,34,37)(H4,29,30,35)(H4,31,32,36)/b12-6+/t24-,28-/m0/s1. The Kier molecular flexibility index (Phi) is 9.10. The van der Waals surface area contributed by atoms with E-state index in [-0.39, 0.29) is 29.7 Å². The van der Waals surface area contributed by atoms with Crippen LogP contribution in [0, 0.1) is 0 Å². The normalized spacial score (nSPS) is 19.6. The predicted octanol–water partition coefficient (Wildman–Crippen LogP) is 0.960. The lowest BCUT2D eigenvalue weighted by Gasteiger charge is -2.16. The van der Waals surface area contributed by atoms with Crippen molar-refractivity contribution >= 4 is 29.7 Å². The number of phenols is 1. The maximum absolute atomic E-state index is 12.3. The summed E-state index contributed by atoms with van der Waals surface area (Å²) < 4.78 is 6.39. The Balaban J connectivity index is 1.44. The molecule has 0 aliphatic carbocycles. The summed E-state index contributed by atoms with van der Waals surface area (Å²) in [6.45, 7) is 2.26. The van der Waals surface area contributed by atoms with E-state index in [1.807, 2.05) is 30.3 Å². The third kappa shape index (κ3) is 7.01. The number of carbonyl (C=O) groups is 1. The lowest BCUT2D eigenvalue weighted by atomic mass is 9.89. The second kappa shape index (κ2) is 12.9. The Morgan fingerprint density at radius 3 is 2.35 bits per heavy atom. The van der Waals surface area contributed by atoms with Gasteiger partial charge in [0.15, 0.2) is 23.6 Å². The van der Waals surface area contributed by atoms with Crippen molar-refractivity contribution < 1.29 is 14.6 Å². The Morgan fingerprint density at radius 1 is 0.975 bits per heavy atom. The predicted molar refractivity (Wildman–Crippen MR) is 157 cm³/mol. The molecule has 1 saturated heterocycles. The second-order valence-corrected chi connectivity index (χ2v) is 9.66. The second-order valence-electron chi connectivity index (χ2n) is 9.66. The summed E-state index contributed by atoms with van der Waals surface area (Å²) in [4.78, 5) is 25.1. The molecule has 2 aliphatic heterocycles. The zero-order valence-electron chi connectivity index (χ0n) is 22.3. The van der Waals surface area contributed by atoms with Gasteiger partial charge >= 0.3 is 0 Å². The van der Waals surface area contributed by atoms with E-state index < -0.39 is 5.54 Å². The number of nitrogens with one attached hydrogen (secondary N) is 2. The topological polar surface area (TPSA) is 222 Å². The third-order valence-corrected chi connectivity index (χ3v) is 6.63. The minimum Gasteiger partial charge on any atom is -0.508 e. The fourth-order valence-electron chi connectivity index (χ4n) is 4.60. The highest BCUT2D eigenvalue weighted by atomic mass is 16.5. The van der Waals surface area contributed by atoms with Crippen LogP contribution in [-0.4, -0.2) is 54.9 Å². The summed E-state index contributed by atoms with van der Waals surface area (Å²) in [5.41, 5.74) is 23.5. The Bertz CT molecular complexity index is 1310. The van der Waals surface area contributed by atoms with Crippen molar-refractivity contribution in [3.63, 3.8) is 0 Å². The van der Waals surface area contributed by atoms with Crippen LogP contribution in [0.25, 0.3) is 6.08 Å². The van der Waals surface area contributed by atoms with Gasteiger partial charge in [0.25, 0.3) is 0 Å². The zero-order valence-corrected chi connectivity index (χ0v) is 22.3. The van der Waals surface area contributed by atoms with E-state index in [0.29, 0.717) is 26.2 Å². The molecule has 1 amide bonds. The Morgan fingerprint density at radius 2 is 1.65 bits per heavy atom. The summed E-state index contributed by atoms with van der Waals surface area (Å²) >= 11 is 0. The van der Waals surface area contributed by atoms with E-state index in [0.717, 1.165) is 54.0 Å². The van der Waals surface area contributed by atoms with Gasteiger partial charge in [-0.3, -0.25) is 19.8 Å². The number of aromatic hydroxyl groups is 1. The number of carbonyl (C=O) groups excluding carboxylic acids is 1. The lowest BCUT2D eigenvalue weighted by Crippen LogP contribution is -2.24. The molecule has 0 bridgehead atoms. The molecule has 212 valence electrons. The molecule has 40 heavy (non-hydrogen) atoms. The van der Waals surface area contributed by atoms with Crippen LogP contribution >= 0.6 is 0 Å². The van der Waals surface area contributed by atoms with E-state index in [9.17, 15) is 9.90 Å². The average molecular weight is 548 g/mol. The van der Waals surface area contributed by atoms with Crippen LogP contribution in [-0.2, 0) is 10.3 Å². The number of benzene rings is 2. The monoisotopic (exact) mass is 547 g/mol. The molecule has 12 heteroatoms. The van der Waals surface area contributed by atoms with E-state index in [2.05, 4.69) is 20.6 Å². The molecule has 0 saturated carbocycles. The number of phenolic OH excluding ortho intramolecular Hbond substituents is 1. The molecule has 12 nitrogen and oxygen atoms in total. The molecule has 2 aromatic rings. The van der Waals surface area contributed by atoms with Gasteiger partial charge in [-0.1, -0.05) is 18.2 Å². The first-order chi connectivity index (χ1) is 19.3. The fraction of sp³-hybridized carbons (Fsp3) is 0.357. The number of amides is 1. The molecule has 11 N–H and O–H groups in total. The first-order valence-corrected chi connectivity index (χ1v) is 13.3. The Hall–Kier alpha value is -4.74. The molecule has 2 aliphatic rings. The molecule has 1 spiro atoms. The summed E-state index contributed by atoms with van der Waals surface area (Å²) in [5, 5.41) is 16.1. The molecule has 2 atom stereocenters. The SMILES string of the molecule is NC(N)=NCCCCN=C1N[C@]12c1cc(/C=C/C(=O)NCCCCN=C(N)N)ccc1O[C@H]2c1ccc(O)cc1. The maximum atomic E-state index is 12.3. The van der Waals surface area contributed by atoms with Crippen LogP contribution in [0.1, 0.15) is 48.5 Å². The molecule has 0 unspecified atom stereocenters. The third-order valence-electron chi connectivity index (χ3n) is 6.63. The van der Waals surface area contributed by atoms with E-state index in [1.165, 1.54) is 6.08 Å². The molecule has 1 fully saturated rings. The van der Waals surface area contributed by atoms with Crippen LogP contribution in [0.5, 0.6) is 11.5 Å². The van der Waals surface area contributed by atoms with Gasteiger partial charge < -0.3 is 43.4 Å². The Labute approximate surface area is 233 Å². The molecular weight excluding hydrogens is 510 g/mol. The van der Waals surface area contributed by atoms with Gasteiger partial charge in [-0.2, -0.15) is 0 Å². The van der Waals surface area contributed by atoms with Crippen LogP contribution in [0.4, 0.5) is 0 Å². The van der Waals surface area contributed by atoms with E-state index in [4.69, 9.17) is 32.7 Å². The number of unbranched alkanes of at least 4 members (excludes halogenated alkanes) is 2. The van der Waals surface area contributed by atoms with Gasteiger partial charge in [-0.15, -0.1) is 0 Å². The number of ether oxygens (including phenoxy) is 1. The number of nitrogens with two attached hydrogens (primary N) is 4. The average Bonchev–Trinajstić information content (AvgIpc) is 3.55. The number of nitrogens with zero attached hydrogens (tertiary/aromatic N) is 3. The summed E-state index contributed by atoms with van der Waals surface area (Å²) in [5.74, 6) is 1.75. The maximum Gasteiger partial charge on any atom is 0.243 e. The van der Waals surface area contributed by atoms with Crippen LogP contribution in [0.15, 0.2) is 63.5 Å². The highest BCUT2D eigenvalue weighted by Crippen LogP contribution is 2.55. The van der Waals surface area contributed by atoms with Gasteiger partial charge in [0, 0.05) is 37.8 Å². The number of aliphatic imine (C=N–C) groups is 3. The molecule has 4 rings (SSSR count). The first kappa shape index (κ1) is 28.3. The van der Waals surface area contributed by atoms with Crippen molar-refractivity contribution in [1.82, 2.24) is 10.6 Å². The van der Waals surface area contributed by atoms with Crippen LogP contribution in [0.2, 0.25) is 0 Å². The molecule has 0 radical (unpaired) electrons. The molecular formula is C28H37N9O3. The largest absolute Gasteiger partial charge is 0.508 e. The van der Waals surface area contributed by atoms with Gasteiger partial charge in [0.05, 0.1) is 0 Å². The van der Waals surface area contributed by atoms with E-state index in [1.54, 1.807) is 18.2 Å². The zero-order chi connectivity index (χ0) is 28.5. The van der Waals surface area contributed by atoms with Gasteiger partial charge in [0.1, 0.15) is 17.3 Å². The van der Waals surface area contributed by atoms with Crippen molar-refractivity contribution in [2.45, 2.75) is 37.3 Å². The van der Waals surface area contributed by atoms with Crippen molar-refractivity contribution in [1.29, 1.82) is 0 Å². The van der Waals surface area contributed by atoms with E-state index >= 15 is 0 Å². The van der Waals surface area contributed by atoms with Crippen LogP contribution in [0.3, 0.4) is 0 Å².